The quantitative estimate of drug-likeness (QED) is 0.685. The molecule has 0 amide bonds. The van der Waals surface area contributed by atoms with Crippen molar-refractivity contribution in [3.8, 4) is 0 Å². The average Bonchev–Trinajstić information content (AvgIpc) is 2.03. The Morgan fingerprint density at radius 2 is 2.09 bits per heavy atom. The Kier molecular flexibility index (Phi) is 2.81. The van der Waals surface area contributed by atoms with Gasteiger partial charge in [-0.15, -0.1) is 0 Å². The zero-order valence-electron chi connectivity index (χ0n) is 6.13. The van der Waals surface area contributed by atoms with Crippen molar-refractivity contribution in [2.24, 2.45) is 5.73 Å². The zero-order chi connectivity index (χ0) is 8.10. The highest BCUT2D eigenvalue weighted by molar-refractivity contribution is 5.49. The van der Waals surface area contributed by atoms with Gasteiger partial charge in [-0.2, -0.15) is 0 Å². The highest BCUT2D eigenvalue weighted by atomic mass is 19.1. The van der Waals surface area contributed by atoms with Gasteiger partial charge in [0.2, 0.25) is 0 Å². The van der Waals surface area contributed by atoms with E-state index >= 15 is 0 Å². The van der Waals surface area contributed by atoms with E-state index in [0.29, 0.717) is 12.1 Å². The maximum atomic E-state index is 12.8. The summed E-state index contributed by atoms with van der Waals surface area (Å²) in [5.74, 6) is -0.211. The topological polar surface area (TPSA) is 26.0 Å². The summed E-state index contributed by atoms with van der Waals surface area (Å²) in [6.07, 6.45) is 3.40. The minimum Gasteiger partial charge on any atom is -0.327 e. The third kappa shape index (κ3) is 2.16. The third-order valence-corrected chi connectivity index (χ3v) is 1.34. The van der Waals surface area contributed by atoms with E-state index in [2.05, 4.69) is 0 Å². The Labute approximate surface area is 65.3 Å². The molecule has 0 bridgehead atoms. The maximum Gasteiger partial charge on any atom is 0.130 e. The smallest absolute Gasteiger partial charge is 0.130 e. The van der Waals surface area contributed by atoms with Crippen molar-refractivity contribution in [1.82, 2.24) is 0 Å². The molecular formula is C9H10FN. The van der Waals surface area contributed by atoms with Gasteiger partial charge in [0.1, 0.15) is 5.82 Å². The Morgan fingerprint density at radius 3 is 2.73 bits per heavy atom. The van der Waals surface area contributed by atoms with Crippen LogP contribution in [0.4, 0.5) is 4.39 Å². The molecule has 0 aliphatic carbocycles. The highest BCUT2D eigenvalue weighted by Gasteiger charge is 1.92. The SMILES string of the molecule is NC/C=C/c1ccccc1F. The van der Waals surface area contributed by atoms with Gasteiger partial charge in [-0.3, -0.25) is 0 Å². The van der Waals surface area contributed by atoms with E-state index in [1.54, 1.807) is 30.4 Å². The molecule has 1 aromatic rings. The van der Waals surface area contributed by atoms with Gasteiger partial charge in [-0.25, -0.2) is 4.39 Å². The molecule has 2 N–H and O–H groups in total. The summed E-state index contributed by atoms with van der Waals surface area (Å²) in [5, 5.41) is 0. The highest BCUT2D eigenvalue weighted by Crippen LogP contribution is 2.07. The second kappa shape index (κ2) is 3.88. The molecule has 0 radical (unpaired) electrons. The van der Waals surface area contributed by atoms with Crippen molar-refractivity contribution in [2.45, 2.75) is 0 Å². The molecule has 0 aliphatic heterocycles. The molecule has 0 unspecified atom stereocenters. The van der Waals surface area contributed by atoms with Crippen LogP contribution in [-0.2, 0) is 0 Å². The number of halogens is 1. The second-order valence-corrected chi connectivity index (χ2v) is 2.16. The summed E-state index contributed by atoms with van der Waals surface area (Å²) in [5.41, 5.74) is 5.80. The van der Waals surface area contributed by atoms with Crippen LogP contribution in [0.1, 0.15) is 5.56 Å². The van der Waals surface area contributed by atoms with E-state index in [1.165, 1.54) is 6.07 Å². The van der Waals surface area contributed by atoms with Crippen LogP contribution in [0, 0.1) is 5.82 Å². The Balaban J connectivity index is 2.86. The summed E-state index contributed by atoms with van der Waals surface area (Å²) in [6.45, 7) is 0.439. The molecule has 0 saturated carbocycles. The molecular weight excluding hydrogens is 141 g/mol. The predicted octanol–water partition coefficient (Wildman–Crippen LogP) is 1.80. The fraction of sp³-hybridized carbons (Fsp3) is 0.111. The molecule has 0 atom stereocenters. The standard InChI is InChI=1S/C9H10FN/c10-9-6-2-1-4-8(9)5-3-7-11/h1-6H,7,11H2/b5-3+. The van der Waals surface area contributed by atoms with Crippen molar-refractivity contribution < 1.29 is 4.39 Å². The molecule has 1 nitrogen and oxygen atoms in total. The van der Waals surface area contributed by atoms with E-state index in [-0.39, 0.29) is 5.82 Å². The van der Waals surface area contributed by atoms with Crippen molar-refractivity contribution in [2.75, 3.05) is 6.54 Å². The molecule has 0 saturated heterocycles. The largest absolute Gasteiger partial charge is 0.327 e. The van der Waals surface area contributed by atoms with Crippen LogP contribution < -0.4 is 5.73 Å². The summed E-state index contributed by atoms with van der Waals surface area (Å²) in [4.78, 5) is 0. The van der Waals surface area contributed by atoms with E-state index in [4.69, 9.17) is 5.73 Å². The Morgan fingerprint density at radius 1 is 1.36 bits per heavy atom. The van der Waals surface area contributed by atoms with Gasteiger partial charge in [0.25, 0.3) is 0 Å². The van der Waals surface area contributed by atoms with Crippen molar-refractivity contribution in [3.05, 3.63) is 41.7 Å². The third-order valence-electron chi connectivity index (χ3n) is 1.34. The maximum absolute atomic E-state index is 12.8. The first-order valence-electron chi connectivity index (χ1n) is 3.45. The minimum atomic E-state index is -0.211. The van der Waals surface area contributed by atoms with Crippen LogP contribution in [-0.4, -0.2) is 6.54 Å². The number of nitrogens with two attached hydrogens (primary N) is 1. The van der Waals surface area contributed by atoms with Gasteiger partial charge < -0.3 is 5.73 Å². The first kappa shape index (κ1) is 7.95. The number of rotatable bonds is 2. The van der Waals surface area contributed by atoms with Crippen molar-refractivity contribution in [3.63, 3.8) is 0 Å². The average molecular weight is 151 g/mol. The number of benzene rings is 1. The van der Waals surface area contributed by atoms with Crippen LogP contribution in [0.15, 0.2) is 30.3 Å². The summed E-state index contributed by atoms with van der Waals surface area (Å²) >= 11 is 0. The van der Waals surface area contributed by atoms with Crippen molar-refractivity contribution in [1.29, 1.82) is 0 Å². The zero-order valence-corrected chi connectivity index (χ0v) is 6.13. The lowest BCUT2D eigenvalue weighted by Gasteiger charge is -1.93. The van der Waals surface area contributed by atoms with Gasteiger partial charge in [0, 0.05) is 12.1 Å². The molecule has 0 aliphatic rings. The molecule has 0 fully saturated rings. The van der Waals surface area contributed by atoms with Gasteiger partial charge >= 0.3 is 0 Å². The molecule has 0 aromatic heterocycles. The lowest BCUT2D eigenvalue weighted by molar-refractivity contribution is 0.625. The summed E-state index contributed by atoms with van der Waals surface area (Å²) < 4.78 is 12.8. The second-order valence-electron chi connectivity index (χ2n) is 2.16. The molecule has 1 aromatic carbocycles. The van der Waals surface area contributed by atoms with Gasteiger partial charge in [0.05, 0.1) is 0 Å². The van der Waals surface area contributed by atoms with E-state index in [1.807, 2.05) is 0 Å². The van der Waals surface area contributed by atoms with Gasteiger partial charge in [-0.05, 0) is 6.07 Å². The monoisotopic (exact) mass is 151 g/mol. The van der Waals surface area contributed by atoms with Gasteiger partial charge in [0.15, 0.2) is 0 Å². The summed E-state index contributed by atoms with van der Waals surface area (Å²) in [6, 6.07) is 6.59. The van der Waals surface area contributed by atoms with Crippen molar-refractivity contribution >= 4 is 6.08 Å². The minimum absolute atomic E-state index is 0.211. The summed E-state index contributed by atoms with van der Waals surface area (Å²) in [7, 11) is 0. The first-order valence-corrected chi connectivity index (χ1v) is 3.45. The Hall–Kier alpha value is -1.15. The number of hydrogen-bond donors (Lipinski definition) is 1. The normalized spacial score (nSPS) is 10.7. The van der Waals surface area contributed by atoms with Gasteiger partial charge in [-0.1, -0.05) is 30.4 Å². The Bertz CT molecular complexity index is 255. The van der Waals surface area contributed by atoms with Crippen LogP contribution in [0.25, 0.3) is 6.08 Å². The van der Waals surface area contributed by atoms with Crippen LogP contribution >= 0.6 is 0 Å². The number of hydrogen-bond acceptors (Lipinski definition) is 1. The fourth-order valence-electron chi connectivity index (χ4n) is 0.805. The lowest BCUT2D eigenvalue weighted by Crippen LogP contribution is -1.92. The molecule has 0 spiro atoms. The van der Waals surface area contributed by atoms with Crippen LogP contribution in [0.2, 0.25) is 0 Å². The predicted molar refractivity (Wildman–Crippen MR) is 44.5 cm³/mol. The lowest BCUT2D eigenvalue weighted by atomic mass is 10.2. The molecule has 11 heavy (non-hydrogen) atoms. The van der Waals surface area contributed by atoms with E-state index in [9.17, 15) is 4.39 Å². The molecule has 58 valence electrons. The van der Waals surface area contributed by atoms with E-state index < -0.39 is 0 Å². The fourth-order valence-corrected chi connectivity index (χ4v) is 0.805. The molecule has 1 rings (SSSR count). The molecule has 0 heterocycles. The molecule has 2 heteroatoms. The van der Waals surface area contributed by atoms with Crippen LogP contribution in [0.5, 0.6) is 0 Å². The first-order chi connectivity index (χ1) is 5.34. The van der Waals surface area contributed by atoms with E-state index in [0.717, 1.165) is 0 Å². The van der Waals surface area contributed by atoms with Crippen LogP contribution in [0.3, 0.4) is 0 Å².